The van der Waals surface area contributed by atoms with Gasteiger partial charge in [-0.1, -0.05) is 23.1 Å². The average Bonchev–Trinajstić information content (AvgIpc) is 3.00. The lowest BCUT2D eigenvalue weighted by molar-refractivity contribution is -0.116. The smallest absolute Gasteiger partial charge is 0.241 e. The summed E-state index contributed by atoms with van der Waals surface area (Å²) in [5.74, 6) is 1.65. The molecule has 1 saturated heterocycles. The largest absolute Gasteiger partial charge is 0.296 e. The quantitative estimate of drug-likeness (QED) is 0.858. The van der Waals surface area contributed by atoms with E-state index >= 15 is 0 Å². The van der Waals surface area contributed by atoms with Gasteiger partial charge in [0.05, 0.1) is 10.9 Å². The van der Waals surface area contributed by atoms with E-state index in [2.05, 4.69) is 15.3 Å². The Morgan fingerprint density at radius 3 is 2.82 bits per heavy atom. The van der Waals surface area contributed by atoms with Crippen LogP contribution < -0.4 is 4.90 Å². The topological polar surface area (TPSA) is 63.9 Å². The van der Waals surface area contributed by atoms with E-state index < -0.39 is 0 Å². The summed E-state index contributed by atoms with van der Waals surface area (Å²) >= 11 is 3.21. The molecule has 2 aliphatic rings. The minimum atomic E-state index is -0.0600. The zero-order valence-electron chi connectivity index (χ0n) is 12.5. The number of carbonyl (C=O) groups is 1. The third kappa shape index (κ3) is 2.54. The standard InChI is InChI=1S/C14H17N5OS2/c1-8-7-11(18(2)17-8)19-6-5-10(13(19)20)21-14-16-15-12(22-14)9-3-4-9/h7,9-10H,3-6H2,1-2H3/t10-/m1/s1. The fourth-order valence-corrected chi connectivity index (χ4v) is 5.05. The van der Waals surface area contributed by atoms with E-state index in [1.165, 1.54) is 12.8 Å². The summed E-state index contributed by atoms with van der Waals surface area (Å²) in [5.41, 5.74) is 0.930. The molecule has 1 saturated carbocycles. The number of anilines is 1. The van der Waals surface area contributed by atoms with Crippen molar-refractivity contribution in [1.82, 2.24) is 20.0 Å². The van der Waals surface area contributed by atoms with Crippen LogP contribution in [-0.4, -0.2) is 37.7 Å². The maximum atomic E-state index is 12.6. The molecule has 0 N–H and O–H groups in total. The lowest BCUT2D eigenvalue weighted by atomic mass is 10.4. The van der Waals surface area contributed by atoms with E-state index in [4.69, 9.17) is 0 Å². The lowest BCUT2D eigenvalue weighted by Crippen LogP contribution is -2.29. The Kier molecular flexibility index (Phi) is 3.45. The molecule has 0 spiro atoms. The molecule has 22 heavy (non-hydrogen) atoms. The van der Waals surface area contributed by atoms with Gasteiger partial charge in [-0.25, -0.2) is 0 Å². The molecule has 0 bridgehead atoms. The predicted octanol–water partition coefficient (Wildman–Crippen LogP) is 2.36. The molecule has 6 nitrogen and oxygen atoms in total. The van der Waals surface area contributed by atoms with E-state index in [1.807, 2.05) is 24.9 Å². The Bertz CT molecular complexity index is 721. The fraction of sp³-hybridized carbons (Fsp3) is 0.571. The average molecular weight is 335 g/mol. The fourth-order valence-electron chi connectivity index (χ4n) is 2.73. The molecule has 1 aliphatic carbocycles. The molecule has 0 aromatic carbocycles. The van der Waals surface area contributed by atoms with E-state index in [-0.39, 0.29) is 11.2 Å². The van der Waals surface area contributed by atoms with Crippen LogP contribution in [0.15, 0.2) is 10.4 Å². The van der Waals surface area contributed by atoms with Gasteiger partial charge >= 0.3 is 0 Å². The van der Waals surface area contributed by atoms with Crippen molar-refractivity contribution in [2.24, 2.45) is 7.05 Å². The highest BCUT2D eigenvalue weighted by atomic mass is 32.2. The number of hydrogen-bond acceptors (Lipinski definition) is 6. The van der Waals surface area contributed by atoms with E-state index in [9.17, 15) is 4.79 Å². The van der Waals surface area contributed by atoms with Gasteiger partial charge in [-0.05, 0) is 26.2 Å². The van der Waals surface area contributed by atoms with Crippen molar-refractivity contribution in [3.05, 3.63) is 16.8 Å². The Labute approximate surface area is 136 Å². The monoisotopic (exact) mass is 335 g/mol. The summed E-state index contributed by atoms with van der Waals surface area (Å²) in [7, 11) is 1.88. The summed E-state index contributed by atoms with van der Waals surface area (Å²) in [6.07, 6.45) is 3.30. The van der Waals surface area contributed by atoms with Crippen molar-refractivity contribution in [3.63, 3.8) is 0 Å². The predicted molar refractivity (Wildman–Crippen MR) is 86.4 cm³/mol. The molecule has 8 heteroatoms. The van der Waals surface area contributed by atoms with Crippen molar-refractivity contribution in [3.8, 4) is 0 Å². The molecule has 1 aliphatic heterocycles. The third-order valence-corrected chi connectivity index (χ3v) is 6.43. The van der Waals surface area contributed by atoms with Crippen LogP contribution in [0, 0.1) is 6.92 Å². The number of nitrogens with zero attached hydrogens (tertiary/aromatic N) is 5. The normalized spacial score (nSPS) is 21.8. The third-order valence-electron chi connectivity index (χ3n) is 4.00. The Hall–Kier alpha value is -1.41. The highest BCUT2D eigenvalue weighted by molar-refractivity contribution is 8.02. The van der Waals surface area contributed by atoms with Gasteiger partial charge in [0.25, 0.3) is 0 Å². The first-order valence-corrected chi connectivity index (χ1v) is 9.13. The second-order valence-corrected chi connectivity index (χ2v) is 8.29. The van der Waals surface area contributed by atoms with E-state index in [0.29, 0.717) is 5.92 Å². The molecule has 3 heterocycles. The first-order valence-electron chi connectivity index (χ1n) is 7.44. The highest BCUT2D eigenvalue weighted by Crippen LogP contribution is 2.43. The maximum Gasteiger partial charge on any atom is 0.241 e. The minimum Gasteiger partial charge on any atom is -0.296 e. The zero-order chi connectivity index (χ0) is 15.3. The van der Waals surface area contributed by atoms with Gasteiger partial charge in [-0.15, -0.1) is 10.2 Å². The van der Waals surface area contributed by atoms with Gasteiger partial charge < -0.3 is 0 Å². The second-order valence-electron chi connectivity index (χ2n) is 5.83. The number of thioether (sulfide) groups is 1. The number of aryl methyl sites for hydroxylation is 2. The maximum absolute atomic E-state index is 12.6. The van der Waals surface area contributed by atoms with Gasteiger partial charge in [0.1, 0.15) is 10.8 Å². The van der Waals surface area contributed by atoms with Crippen LogP contribution in [0.4, 0.5) is 5.82 Å². The van der Waals surface area contributed by atoms with Crippen molar-refractivity contribution in [1.29, 1.82) is 0 Å². The SMILES string of the molecule is Cc1cc(N2CC[C@@H](Sc3nnc(C4CC4)s3)C2=O)n(C)n1. The summed E-state index contributed by atoms with van der Waals surface area (Å²) < 4.78 is 2.69. The van der Waals surface area contributed by atoms with Crippen molar-refractivity contribution < 1.29 is 4.79 Å². The summed E-state index contributed by atoms with van der Waals surface area (Å²) in [6, 6.07) is 1.96. The molecule has 1 atom stereocenters. The number of aromatic nitrogens is 4. The minimum absolute atomic E-state index is 0.0600. The molecule has 0 radical (unpaired) electrons. The highest BCUT2D eigenvalue weighted by Gasteiger charge is 2.36. The van der Waals surface area contributed by atoms with E-state index in [0.717, 1.165) is 33.8 Å². The Morgan fingerprint density at radius 2 is 2.14 bits per heavy atom. The Morgan fingerprint density at radius 1 is 1.32 bits per heavy atom. The van der Waals surface area contributed by atoms with Gasteiger partial charge in [0.15, 0.2) is 4.34 Å². The number of rotatable bonds is 4. The summed E-state index contributed by atoms with van der Waals surface area (Å²) in [5, 5.41) is 13.9. The number of carbonyl (C=O) groups excluding carboxylic acids is 1. The van der Waals surface area contributed by atoms with Crippen LogP contribution in [0.3, 0.4) is 0 Å². The molecule has 1 amide bonds. The van der Waals surface area contributed by atoms with Crippen LogP contribution >= 0.6 is 23.1 Å². The van der Waals surface area contributed by atoms with Crippen LogP contribution in [0.2, 0.25) is 0 Å². The van der Waals surface area contributed by atoms with Gasteiger partial charge in [-0.3, -0.25) is 14.4 Å². The van der Waals surface area contributed by atoms with Crippen LogP contribution in [0.5, 0.6) is 0 Å². The molecule has 116 valence electrons. The van der Waals surface area contributed by atoms with Crippen LogP contribution in [0.25, 0.3) is 0 Å². The second kappa shape index (κ2) is 5.34. The summed E-state index contributed by atoms with van der Waals surface area (Å²) in [6.45, 7) is 2.68. The van der Waals surface area contributed by atoms with Gasteiger partial charge in [-0.2, -0.15) is 5.10 Å². The molecule has 2 aromatic heterocycles. The molecular formula is C14H17N5OS2. The van der Waals surface area contributed by atoms with Crippen molar-refractivity contribution in [2.75, 3.05) is 11.4 Å². The molecular weight excluding hydrogens is 318 g/mol. The van der Waals surface area contributed by atoms with E-state index in [1.54, 1.807) is 27.8 Å². The van der Waals surface area contributed by atoms with Crippen LogP contribution in [-0.2, 0) is 11.8 Å². The Balaban J connectivity index is 1.47. The lowest BCUT2D eigenvalue weighted by Gasteiger charge is -2.15. The van der Waals surface area contributed by atoms with Gasteiger partial charge in [0, 0.05) is 25.6 Å². The molecule has 4 rings (SSSR count). The molecule has 2 fully saturated rings. The van der Waals surface area contributed by atoms with Crippen LogP contribution in [0.1, 0.15) is 35.9 Å². The van der Waals surface area contributed by atoms with Gasteiger partial charge in [0.2, 0.25) is 5.91 Å². The number of hydrogen-bond donors (Lipinski definition) is 0. The summed E-state index contributed by atoms with van der Waals surface area (Å²) in [4.78, 5) is 14.5. The molecule has 0 unspecified atom stereocenters. The zero-order valence-corrected chi connectivity index (χ0v) is 14.2. The van der Waals surface area contributed by atoms with Crippen molar-refractivity contribution >= 4 is 34.8 Å². The first-order chi connectivity index (χ1) is 10.6. The first kappa shape index (κ1) is 14.2. The van der Waals surface area contributed by atoms with Crippen molar-refractivity contribution in [2.45, 2.75) is 41.7 Å². The number of amides is 1. The molecule has 2 aromatic rings.